The van der Waals surface area contributed by atoms with Gasteiger partial charge in [0.15, 0.2) is 69.3 Å². The maximum absolute atomic E-state index is 14.8. The lowest BCUT2D eigenvalue weighted by Crippen LogP contribution is -2.50. The highest BCUT2D eigenvalue weighted by Crippen LogP contribution is 2.49. The van der Waals surface area contributed by atoms with Crippen LogP contribution in [0.2, 0.25) is 40.2 Å². The van der Waals surface area contributed by atoms with Gasteiger partial charge in [-0.25, -0.2) is 67.0 Å². The lowest BCUT2D eigenvalue weighted by atomic mass is 9.99. The van der Waals surface area contributed by atoms with Crippen molar-refractivity contribution in [2.75, 3.05) is 82.2 Å². The third-order valence-corrected chi connectivity index (χ3v) is 30.0. The van der Waals surface area contributed by atoms with E-state index >= 15 is 0 Å². The van der Waals surface area contributed by atoms with Crippen LogP contribution in [0.4, 0.5) is 73.2 Å². The minimum atomic E-state index is -0.705. The maximum atomic E-state index is 14.8. The van der Waals surface area contributed by atoms with Gasteiger partial charge in [0.1, 0.15) is 104 Å². The van der Waals surface area contributed by atoms with Crippen molar-refractivity contribution in [2.45, 2.75) is 228 Å². The summed E-state index contributed by atoms with van der Waals surface area (Å²) < 4.78 is 129. The van der Waals surface area contributed by atoms with Crippen molar-refractivity contribution in [3.63, 3.8) is 0 Å². The van der Waals surface area contributed by atoms with E-state index in [0.717, 1.165) is 51.4 Å². The highest BCUT2D eigenvalue weighted by molar-refractivity contribution is 6.44. The molecule has 0 aliphatic carbocycles. The molecule has 44 heteroatoms. The van der Waals surface area contributed by atoms with Gasteiger partial charge in [0.2, 0.25) is 5.91 Å². The van der Waals surface area contributed by atoms with Gasteiger partial charge in [-0.2, -0.15) is 0 Å². The van der Waals surface area contributed by atoms with Crippen molar-refractivity contribution in [2.24, 2.45) is 0 Å². The summed E-state index contributed by atoms with van der Waals surface area (Å²) in [6.07, 6.45) is 19.5. The molecule has 796 valence electrons. The van der Waals surface area contributed by atoms with Gasteiger partial charge in [0.05, 0.1) is 105 Å². The van der Waals surface area contributed by atoms with Crippen LogP contribution in [0, 0.1) is 23.3 Å². The monoisotopic (exact) mass is 2220 g/mol. The number of phenolic OH excluding ortho intramolecular Hbond substituents is 1. The number of fused-ring (bicyclic) bond motifs is 12. The van der Waals surface area contributed by atoms with Gasteiger partial charge in [0, 0.05) is 154 Å². The SMILES string of the molecule is C=CC(=O)N1[C@@H]2CC[C@H]1CC(Oc1cc3c(Nc4ccc(Cl)c(Cl)c4F)ncnc3cc1OCCOC)C2.CC(C)(C)OC(=O)N1[C@@H]2CC[C@H]1CC(Oc1cc3c(Nc4ccc(Cl)c(Cl)c4F)ncnc3cc1O)C2.COCCOc1cc2ncnc(Nc3ccc(Cl)c(Cl)c3F)c2cc1OC1C[C@H]2CC[C@@H](C1)N2.COCCOc1cc2ncnc(Nc3ccc(Cl)c(Cl)c3F)c2cc1OC1C[C@H]2CC[C@@H](C1)N2C(=O)OC(C)(C)C. The second-order valence-corrected chi connectivity index (χ2v) is 42.6. The molecular weight excluding hydrogens is 2110 g/mol. The fourth-order valence-corrected chi connectivity index (χ4v) is 21.5. The summed E-state index contributed by atoms with van der Waals surface area (Å²) in [5, 5.41) is 28.4. The number of aromatic nitrogens is 8. The Morgan fingerprint density at radius 3 is 0.920 bits per heavy atom. The number of aromatic hydroxyl groups is 1. The fraction of sp³-hybridized carbons (Fsp3) is 0.425. The molecule has 8 aromatic carbocycles. The first-order valence-electron chi connectivity index (χ1n) is 49.2. The second kappa shape index (κ2) is 48.1. The standard InChI is InChI=1S/C29H33Cl2FN4O5.C27H27Cl2FN4O4.C26H27Cl2FN4O4.C24H25Cl2FN4O3/c1-29(2,3)41-28(37)36-16-5-6-17(36)12-18(11-16)40-24-13-19-22(14-23(24)39-10-9-38-4)33-15-34-27(19)35-21-8-7-20(30)25(31)26(21)32;1-3-24(35)34-15-4-5-16(34)11-17(10-15)38-23-12-18-21(13-22(23)37-9-8-36-2)31-14-32-27(18)33-20-7-6-19(28)25(29)26(20)30;1-26(2,3)37-25(35)33-13-4-5-14(33)9-15(8-13)36-21-10-16-19(11-20(21)34)30-12-31-24(16)32-18-7-6-17(27)22(28)23(18)29;1-32-6-7-33-20-11-19-16(10-21(20)34-15-8-13-2-3-14(9-15)30-13)24(29-12-28-19)31-18-5-4-17(25)22(26)23(18)27/h7-8,13-18H,5-6,9-12H2,1-4H3,(H,33,34,35);3,6-7,12-17H,1,4-5,8-11H2,2H3,(H,31,32,33);6-7,10-15,34H,4-5,8-9H2,1-3H3,(H,30,31,32);4-5,10-15,30H,2-3,6-9H2,1H3,(H,28,29,31)/t16-,17+,18?;15-,16+,17?;2*13-,14+,15?. The maximum Gasteiger partial charge on any atom is 0.410 e. The quantitative estimate of drug-likeness (QED) is 0.0110. The van der Waals surface area contributed by atoms with E-state index in [1.807, 2.05) is 68.4 Å². The number of halogens is 12. The molecule has 0 saturated carbocycles. The highest BCUT2D eigenvalue weighted by Gasteiger charge is 2.49. The van der Waals surface area contributed by atoms with Crippen molar-refractivity contribution in [3.8, 4) is 46.0 Å². The minimum absolute atomic E-state index is 0.0133. The van der Waals surface area contributed by atoms with Gasteiger partial charge < -0.3 is 103 Å². The molecule has 8 aliphatic rings. The summed E-state index contributed by atoms with van der Waals surface area (Å²) in [6.45, 7) is 17.1. The van der Waals surface area contributed by atoms with E-state index in [2.05, 4.69) is 73.0 Å². The summed E-state index contributed by atoms with van der Waals surface area (Å²) in [6, 6.07) is 27.2. The molecule has 8 bridgehead atoms. The number of amides is 3. The zero-order chi connectivity index (χ0) is 106. The van der Waals surface area contributed by atoms with E-state index in [9.17, 15) is 37.1 Å². The molecule has 12 heterocycles. The number of carbonyl (C=O) groups excluding carboxylic acids is 3. The molecule has 8 fully saturated rings. The van der Waals surface area contributed by atoms with Crippen molar-refractivity contribution >= 4 is 201 Å². The third-order valence-electron chi connectivity index (χ3n) is 26.9. The summed E-state index contributed by atoms with van der Waals surface area (Å²) in [7, 11) is 4.82. The smallest absolute Gasteiger partial charge is 0.410 e. The van der Waals surface area contributed by atoms with Gasteiger partial charge in [-0.15, -0.1) is 0 Å². The molecule has 6 N–H and O–H groups in total. The number of anilines is 8. The Morgan fingerprint density at radius 2 is 0.640 bits per heavy atom. The Balaban J connectivity index is 0.000000136. The van der Waals surface area contributed by atoms with E-state index in [0.29, 0.717) is 192 Å². The van der Waals surface area contributed by atoms with Crippen molar-refractivity contribution in [1.82, 2.24) is 59.9 Å². The van der Waals surface area contributed by atoms with Crippen molar-refractivity contribution in [3.05, 3.63) is 198 Å². The first-order valence-corrected chi connectivity index (χ1v) is 52.2. The molecule has 8 saturated heterocycles. The van der Waals surface area contributed by atoms with Crippen LogP contribution in [-0.2, 0) is 28.5 Å². The molecule has 0 radical (unpaired) electrons. The van der Waals surface area contributed by atoms with Gasteiger partial charge in [0.25, 0.3) is 0 Å². The minimum Gasteiger partial charge on any atom is -0.504 e. The molecule has 4 aromatic heterocycles. The van der Waals surface area contributed by atoms with Gasteiger partial charge in [-0.1, -0.05) is 99.4 Å². The van der Waals surface area contributed by atoms with Gasteiger partial charge >= 0.3 is 12.2 Å². The topological polar surface area (TPSA) is 355 Å². The summed E-state index contributed by atoms with van der Waals surface area (Å²) in [4.78, 5) is 78.3. The third kappa shape index (κ3) is 25.8. The Morgan fingerprint density at radius 1 is 0.373 bits per heavy atom. The van der Waals surface area contributed by atoms with E-state index < -0.39 is 34.5 Å². The second-order valence-electron chi connectivity index (χ2n) is 39.5. The number of hydrogen-bond donors (Lipinski definition) is 6. The Bertz CT molecular complexity index is 6950. The lowest BCUT2D eigenvalue weighted by Gasteiger charge is -2.39. The Kier molecular flexibility index (Phi) is 35.1. The molecule has 3 amide bonds. The van der Waals surface area contributed by atoms with Crippen LogP contribution in [0.1, 0.15) is 144 Å². The predicted molar refractivity (Wildman–Crippen MR) is 569 cm³/mol. The molecule has 150 heavy (non-hydrogen) atoms. The number of carbonyl (C=O) groups is 3. The number of nitrogens with one attached hydrogen (secondary N) is 5. The van der Waals surface area contributed by atoms with Crippen LogP contribution < -0.4 is 59.7 Å². The summed E-state index contributed by atoms with van der Waals surface area (Å²) in [5.74, 6) is 2.09. The number of piperidine rings is 4. The van der Waals surface area contributed by atoms with Crippen LogP contribution in [0.5, 0.6) is 46.0 Å². The van der Waals surface area contributed by atoms with E-state index in [4.69, 9.17) is 150 Å². The molecule has 0 spiro atoms. The summed E-state index contributed by atoms with van der Waals surface area (Å²) in [5.41, 5.74) is 1.60. The molecule has 32 nitrogen and oxygen atoms in total. The average Bonchev–Trinajstić information content (AvgIpc) is 0.851. The van der Waals surface area contributed by atoms with Gasteiger partial charge in [-0.05, 0) is 185 Å². The average molecular weight is 2230 g/mol. The van der Waals surface area contributed by atoms with Crippen LogP contribution in [0.25, 0.3) is 43.6 Å². The van der Waals surface area contributed by atoms with E-state index in [1.54, 1.807) is 51.7 Å². The van der Waals surface area contributed by atoms with Crippen LogP contribution in [0.3, 0.4) is 0 Å². The lowest BCUT2D eigenvalue weighted by molar-refractivity contribution is -0.131. The Hall–Kier alpha value is -11.7. The molecule has 4 unspecified atom stereocenters. The number of benzene rings is 8. The number of nitrogens with zero attached hydrogens (tertiary/aromatic N) is 11. The molecule has 12 aromatic rings. The zero-order valence-electron chi connectivity index (χ0n) is 83.3. The molecular formula is C106H112Cl8F4N16O16. The largest absolute Gasteiger partial charge is 0.504 e. The molecule has 8 aliphatic heterocycles. The van der Waals surface area contributed by atoms with Crippen molar-refractivity contribution in [1.29, 1.82) is 0 Å². The fourth-order valence-electron chi connectivity index (χ4n) is 20.3. The highest BCUT2D eigenvalue weighted by atomic mass is 35.5. The van der Waals surface area contributed by atoms with Crippen LogP contribution in [-0.4, -0.2) is 223 Å². The zero-order valence-corrected chi connectivity index (χ0v) is 89.4. The molecule has 20 rings (SSSR count). The van der Waals surface area contributed by atoms with Crippen LogP contribution in [0.15, 0.2) is 135 Å². The van der Waals surface area contributed by atoms with Crippen LogP contribution >= 0.6 is 92.8 Å². The van der Waals surface area contributed by atoms with E-state index in [-0.39, 0.29) is 153 Å². The number of ether oxygens (including phenoxy) is 12. The Labute approximate surface area is 903 Å². The van der Waals surface area contributed by atoms with Gasteiger partial charge in [-0.3, -0.25) is 4.79 Å². The molecule has 12 atom stereocenters. The summed E-state index contributed by atoms with van der Waals surface area (Å²) >= 11 is 47.6. The van der Waals surface area contributed by atoms with Crippen molar-refractivity contribution < 1.29 is 93.9 Å². The predicted octanol–water partition coefficient (Wildman–Crippen LogP) is 25.4. The first-order chi connectivity index (χ1) is 71.9. The number of phenols is 1. The number of hydrogen-bond acceptors (Lipinski definition) is 29. The normalized spacial score (nSPS) is 20.8. The number of methoxy groups -OCH3 is 3. The number of rotatable bonds is 29. The van der Waals surface area contributed by atoms with E-state index in [1.165, 1.54) is 98.8 Å². The first kappa shape index (κ1) is 110.